The maximum absolute atomic E-state index is 6.34. The fraction of sp³-hybridized carbons (Fsp3) is 1.00. The largest absolute Gasteiger partial charge is 0.324 e. The average Bonchev–Trinajstić information content (AvgIpc) is 2.56. The molecule has 2 aliphatic carbocycles. The van der Waals surface area contributed by atoms with E-state index < -0.39 is 0 Å². The van der Waals surface area contributed by atoms with Crippen LogP contribution in [-0.2, 0) is 0 Å². The van der Waals surface area contributed by atoms with Crippen LogP contribution in [0.15, 0.2) is 0 Å². The Hall–Kier alpha value is -0.0800. The van der Waals surface area contributed by atoms with E-state index in [4.69, 9.17) is 5.73 Å². The van der Waals surface area contributed by atoms with E-state index in [2.05, 4.69) is 33.0 Å². The Labute approximate surface area is 100 Å². The summed E-state index contributed by atoms with van der Waals surface area (Å²) in [5, 5.41) is 3.62. The molecule has 2 nitrogen and oxygen atoms in total. The van der Waals surface area contributed by atoms with Crippen molar-refractivity contribution < 1.29 is 0 Å². The summed E-state index contributed by atoms with van der Waals surface area (Å²) in [5.41, 5.74) is 7.43. The van der Waals surface area contributed by atoms with Gasteiger partial charge in [0.05, 0.1) is 0 Å². The highest BCUT2D eigenvalue weighted by atomic mass is 15.0. The van der Waals surface area contributed by atoms with Gasteiger partial charge in [-0.1, -0.05) is 40.5 Å². The number of hydrogen-bond acceptors (Lipinski definition) is 2. The molecule has 0 heterocycles. The van der Waals surface area contributed by atoms with Crippen LogP contribution in [0.25, 0.3) is 0 Å². The zero-order valence-electron chi connectivity index (χ0n) is 11.4. The maximum Gasteiger partial charge on any atom is 0.0280 e. The molecule has 3 N–H and O–H groups in total. The van der Waals surface area contributed by atoms with E-state index >= 15 is 0 Å². The summed E-state index contributed by atoms with van der Waals surface area (Å²) in [6.45, 7) is 11.7. The van der Waals surface area contributed by atoms with E-state index in [1.807, 2.05) is 0 Å². The second-order valence-electron chi connectivity index (χ2n) is 7.20. The van der Waals surface area contributed by atoms with Crippen LogP contribution in [0.2, 0.25) is 0 Å². The molecule has 0 atom stereocenters. The molecular formula is C14H28N2. The van der Waals surface area contributed by atoms with Gasteiger partial charge < -0.3 is 11.1 Å². The summed E-state index contributed by atoms with van der Waals surface area (Å²) in [4.78, 5) is 0. The van der Waals surface area contributed by atoms with Gasteiger partial charge in [-0.25, -0.2) is 0 Å². The fourth-order valence-corrected chi connectivity index (χ4v) is 3.56. The Kier molecular flexibility index (Phi) is 2.87. The van der Waals surface area contributed by atoms with Gasteiger partial charge in [-0.2, -0.15) is 0 Å². The lowest BCUT2D eigenvalue weighted by Crippen LogP contribution is -2.46. The molecule has 2 aliphatic rings. The van der Waals surface area contributed by atoms with Crippen LogP contribution in [0.5, 0.6) is 0 Å². The number of hydrogen-bond donors (Lipinski definition) is 2. The Bertz CT molecular complexity index is 248. The standard InChI is InChI=1S/C14H28N2/c1-12(2)11(13(12,3)4)9-16-10-14(15)7-5-6-8-14/h11,16H,5-10,15H2,1-4H3. The molecule has 0 spiro atoms. The van der Waals surface area contributed by atoms with Gasteiger partial charge >= 0.3 is 0 Å². The third kappa shape index (κ3) is 1.91. The van der Waals surface area contributed by atoms with Crippen molar-refractivity contribution in [3.8, 4) is 0 Å². The van der Waals surface area contributed by atoms with Crippen LogP contribution < -0.4 is 11.1 Å². The minimum absolute atomic E-state index is 0.100. The summed E-state index contributed by atoms with van der Waals surface area (Å²) in [6.07, 6.45) is 5.05. The first kappa shape index (κ1) is 12.4. The van der Waals surface area contributed by atoms with Crippen LogP contribution in [0.1, 0.15) is 53.4 Å². The predicted molar refractivity (Wildman–Crippen MR) is 69.3 cm³/mol. The van der Waals surface area contributed by atoms with Crippen molar-refractivity contribution in [1.29, 1.82) is 0 Å². The number of nitrogens with one attached hydrogen (secondary N) is 1. The zero-order chi connectivity index (χ0) is 12.0. The monoisotopic (exact) mass is 224 g/mol. The van der Waals surface area contributed by atoms with E-state index in [-0.39, 0.29) is 5.54 Å². The third-order valence-corrected chi connectivity index (χ3v) is 5.74. The molecule has 94 valence electrons. The first-order chi connectivity index (χ1) is 7.30. The number of nitrogens with two attached hydrogens (primary N) is 1. The molecule has 2 saturated carbocycles. The highest BCUT2D eigenvalue weighted by Crippen LogP contribution is 2.67. The minimum Gasteiger partial charge on any atom is -0.324 e. The van der Waals surface area contributed by atoms with Gasteiger partial charge in [-0.05, 0) is 36.1 Å². The molecule has 2 fully saturated rings. The SMILES string of the molecule is CC1(C)C(CNCC2(N)CCCC2)C1(C)C. The van der Waals surface area contributed by atoms with E-state index in [1.54, 1.807) is 0 Å². The Morgan fingerprint density at radius 2 is 1.56 bits per heavy atom. The summed E-state index contributed by atoms with van der Waals surface area (Å²) < 4.78 is 0. The van der Waals surface area contributed by atoms with Crippen molar-refractivity contribution in [3.05, 3.63) is 0 Å². The molecule has 0 saturated heterocycles. The smallest absolute Gasteiger partial charge is 0.0280 e. The second-order valence-corrected chi connectivity index (χ2v) is 7.20. The molecule has 2 rings (SSSR count). The Morgan fingerprint density at radius 3 is 2.00 bits per heavy atom. The Balaban J connectivity index is 1.74. The van der Waals surface area contributed by atoms with Gasteiger partial charge in [0.1, 0.15) is 0 Å². The van der Waals surface area contributed by atoms with E-state index in [0.29, 0.717) is 10.8 Å². The molecule has 0 aromatic carbocycles. The number of rotatable bonds is 4. The fourth-order valence-electron chi connectivity index (χ4n) is 3.56. The highest BCUT2D eigenvalue weighted by Gasteiger charge is 2.63. The highest BCUT2D eigenvalue weighted by molar-refractivity contribution is 5.13. The molecule has 0 unspecified atom stereocenters. The lowest BCUT2D eigenvalue weighted by molar-refractivity contribution is 0.391. The lowest BCUT2D eigenvalue weighted by Gasteiger charge is -2.24. The molecule has 16 heavy (non-hydrogen) atoms. The summed E-state index contributed by atoms with van der Waals surface area (Å²) in [5.74, 6) is 0.810. The normalized spacial score (nSPS) is 30.6. The van der Waals surface area contributed by atoms with Crippen LogP contribution in [0.4, 0.5) is 0 Å². The zero-order valence-corrected chi connectivity index (χ0v) is 11.4. The minimum atomic E-state index is 0.100. The van der Waals surface area contributed by atoms with Crippen LogP contribution >= 0.6 is 0 Å². The van der Waals surface area contributed by atoms with Crippen molar-refractivity contribution in [2.45, 2.75) is 58.9 Å². The molecule has 0 radical (unpaired) electrons. The van der Waals surface area contributed by atoms with Gasteiger partial charge in [-0.3, -0.25) is 0 Å². The van der Waals surface area contributed by atoms with Gasteiger partial charge in [-0.15, -0.1) is 0 Å². The van der Waals surface area contributed by atoms with E-state index in [0.717, 1.165) is 19.0 Å². The van der Waals surface area contributed by atoms with Crippen molar-refractivity contribution in [3.63, 3.8) is 0 Å². The van der Waals surface area contributed by atoms with Crippen molar-refractivity contribution in [2.75, 3.05) is 13.1 Å². The summed E-state index contributed by atoms with van der Waals surface area (Å²) in [6, 6.07) is 0. The van der Waals surface area contributed by atoms with Crippen LogP contribution in [-0.4, -0.2) is 18.6 Å². The molecule has 0 aromatic rings. The first-order valence-corrected chi connectivity index (χ1v) is 6.79. The summed E-state index contributed by atoms with van der Waals surface area (Å²) in [7, 11) is 0. The van der Waals surface area contributed by atoms with Gasteiger partial charge in [0.2, 0.25) is 0 Å². The van der Waals surface area contributed by atoms with Crippen molar-refractivity contribution in [1.82, 2.24) is 5.32 Å². The van der Waals surface area contributed by atoms with Crippen LogP contribution in [0.3, 0.4) is 0 Å². The van der Waals surface area contributed by atoms with Crippen molar-refractivity contribution in [2.24, 2.45) is 22.5 Å². The quantitative estimate of drug-likeness (QED) is 0.770. The van der Waals surface area contributed by atoms with E-state index in [1.165, 1.54) is 25.7 Å². The third-order valence-electron chi connectivity index (χ3n) is 5.74. The topological polar surface area (TPSA) is 38.0 Å². The predicted octanol–water partition coefficient (Wildman–Crippen LogP) is 2.53. The van der Waals surface area contributed by atoms with Crippen molar-refractivity contribution >= 4 is 0 Å². The Morgan fingerprint density at radius 1 is 1.06 bits per heavy atom. The molecular weight excluding hydrogens is 196 g/mol. The average molecular weight is 224 g/mol. The van der Waals surface area contributed by atoms with Gasteiger partial charge in [0.15, 0.2) is 0 Å². The maximum atomic E-state index is 6.34. The second kappa shape index (κ2) is 3.71. The first-order valence-electron chi connectivity index (χ1n) is 6.79. The van der Waals surface area contributed by atoms with Gasteiger partial charge in [0.25, 0.3) is 0 Å². The molecule has 2 heteroatoms. The molecule has 0 aromatic heterocycles. The van der Waals surface area contributed by atoms with Gasteiger partial charge in [0, 0.05) is 12.1 Å². The molecule has 0 bridgehead atoms. The lowest BCUT2D eigenvalue weighted by atomic mass is 9.99. The van der Waals surface area contributed by atoms with E-state index in [9.17, 15) is 0 Å². The summed E-state index contributed by atoms with van der Waals surface area (Å²) >= 11 is 0. The van der Waals surface area contributed by atoms with Crippen LogP contribution in [0, 0.1) is 16.7 Å². The molecule has 0 amide bonds. The molecule has 0 aliphatic heterocycles.